The van der Waals surface area contributed by atoms with Crippen LogP contribution < -0.4 is 10.6 Å². The van der Waals surface area contributed by atoms with E-state index in [9.17, 15) is 24.5 Å². The fourth-order valence-electron chi connectivity index (χ4n) is 2.83. The van der Waals surface area contributed by atoms with Crippen molar-refractivity contribution in [3.63, 3.8) is 0 Å². The van der Waals surface area contributed by atoms with E-state index in [2.05, 4.69) is 26.6 Å². The quantitative estimate of drug-likeness (QED) is 0.202. The molecule has 0 heterocycles. The van der Waals surface area contributed by atoms with Crippen LogP contribution in [0.5, 0.6) is 0 Å². The molecule has 0 saturated heterocycles. The lowest BCUT2D eigenvalue weighted by atomic mass is 10.1. The number of amides is 2. The predicted molar refractivity (Wildman–Crippen MR) is 128 cm³/mol. The number of rotatable bonds is 7. The molecule has 9 heteroatoms. The van der Waals surface area contributed by atoms with Crippen molar-refractivity contribution in [1.29, 1.82) is 0 Å². The van der Waals surface area contributed by atoms with Crippen molar-refractivity contribution < 1.29 is 19.3 Å². The van der Waals surface area contributed by atoms with Gasteiger partial charge in [-0.15, -0.1) is 0 Å². The van der Waals surface area contributed by atoms with Gasteiger partial charge >= 0.3 is 0 Å². The van der Waals surface area contributed by atoms with Crippen molar-refractivity contribution >= 4 is 51.0 Å². The third kappa shape index (κ3) is 6.44. The van der Waals surface area contributed by atoms with Gasteiger partial charge in [0.05, 0.1) is 4.92 Å². The van der Waals surface area contributed by atoms with Gasteiger partial charge in [0.25, 0.3) is 17.5 Å². The van der Waals surface area contributed by atoms with Gasteiger partial charge in [0.1, 0.15) is 5.70 Å². The maximum Gasteiger partial charge on any atom is 0.272 e. The van der Waals surface area contributed by atoms with Gasteiger partial charge in [-0.3, -0.25) is 24.5 Å². The van der Waals surface area contributed by atoms with Crippen LogP contribution in [-0.2, 0) is 4.79 Å². The molecular weight excluding hydrogens is 490 g/mol. The highest BCUT2D eigenvalue weighted by atomic mass is 79.9. The van der Waals surface area contributed by atoms with Crippen LogP contribution in [0, 0.1) is 10.1 Å². The number of hydrogen-bond donors (Lipinski definition) is 2. The van der Waals surface area contributed by atoms with Crippen LogP contribution in [0.25, 0.3) is 6.08 Å². The molecule has 0 aromatic heterocycles. The molecule has 0 radical (unpaired) electrons. The summed E-state index contributed by atoms with van der Waals surface area (Å²) in [6.07, 6.45) is 1.42. The molecule has 0 saturated carbocycles. The maximum absolute atomic E-state index is 13.0. The van der Waals surface area contributed by atoms with Gasteiger partial charge in [0.2, 0.25) is 0 Å². The third-order valence-electron chi connectivity index (χ3n) is 4.54. The first-order chi connectivity index (χ1) is 15.7. The lowest BCUT2D eigenvalue weighted by Crippen LogP contribution is -2.30. The largest absolute Gasteiger partial charge is 0.321 e. The fraction of sp³-hybridized carbons (Fsp3) is 0.0417. The Bertz CT molecular complexity index is 1250. The van der Waals surface area contributed by atoms with E-state index in [0.29, 0.717) is 26.9 Å². The minimum Gasteiger partial charge on any atom is -0.321 e. The zero-order valence-electron chi connectivity index (χ0n) is 17.4. The Hall–Kier alpha value is -4.11. The van der Waals surface area contributed by atoms with Crippen molar-refractivity contribution in [2.24, 2.45) is 0 Å². The van der Waals surface area contributed by atoms with E-state index in [1.165, 1.54) is 37.3 Å². The summed E-state index contributed by atoms with van der Waals surface area (Å²) in [6.45, 7) is 1.44. The smallest absolute Gasteiger partial charge is 0.272 e. The van der Waals surface area contributed by atoms with Crippen LogP contribution in [-0.4, -0.2) is 22.5 Å². The van der Waals surface area contributed by atoms with Crippen molar-refractivity contribution in [2.75, 3.05) is 5.32 Å². The molecule has 0 fully saturated rings. The summed E-state index contributed by atoms with van der Waals surface area (Å²) in [6, 6.07) is 18.5. The second-order valence-corrected chi connectivity index (χ2v) is 7.87. The van der Waals surface area contributed by atoms with Gasteiger partial charge in [0.15, 0.2) is 5.78 Å². The fourth-order valence-corrected chi connectivity index (χ4v) is 3.23. The predicted octanol–water partition coefficient (Wildman–Crippen LogP) is 4.97. The van der Waals surface area contributed by atoms with Gasteiger partial charge in [0, 0.05) is 33.4 Å². The Morgan fingerprint density at radius 2 is 1.61 bits per heavy atom. The molecule has 2 N–H and O–H groups in total. The third-order valence-corrected chi connectivity index (χ3v) is 5.04. The highest BCUT2D eigenvalue weighted by molar-refractivity contribution is 9.10. The molecule has 0 bridgehead atoms. The maximum atomic E-state index is 13.0. The Morgan fingerprint density at radius 3 is 2.18 bits per heavy atom. The number of halogens is 1. The van der Waals surface area contributed by atoms with E-state index in [-0.39, 0.29) is 17.2 Å². The Labute approximate surface area is 197 Å². The van der Waals surface area contributed by atoms with E-state index in [1.807, 2.05) is 0 Å². The Kier molecular flexibility index (Phi) is 7.47. The summed E-state index contributed by atoms with van der Waals surface area (Å²) < 4.78 is 0.700. The second-order valence-electron chi connectivity index (χ2n) is 6.96. The van der Waals surface area contributed by atoms with E-state index in [0.717, 1.165) is 0 Å². The second kappa shape index (κ2) is 10.5. The van der Waals surface area contributed by atoms with Crippen LogP contribution >= 0.6 is 15.9 Å². The zero-order valence-corrected chi connectivity index (χ0v) is 19.0. The van der Waals surface area contributed by atoms with Crippen molar-refractivity contribution in [2.45, 2.75) is 6.92 Å². The van der Waals surface area contributed by atoms with Gasteiger partial charge in [-0.25, -0.2) is 0 Å². The van der Waals surface area contributed by atoms with Crippen LogP contribution in [0.1, 0.15) is 33.2 Å². The molecule has 33 heavy (non-hydrogen) atoms. The number of ketones is 1. The van der Waals surface area contributed by atoms with Gasteiger partial charge < -0.3 is 10.6 Å². The molecule has 166 valence electrons. The normalized spacial score (nSPS) is 10.9. The number of hydrogen-bond acceptors (Lipinski definition) is 5. The van der Waals surface area contributed by atoms with Gasteiger partial charge in [-0.1, -0.05) is 22.0 Å². The summed E-state index contributed by atoms with van der Waals surface area (Å²) in [4.78, 5) is 47.5. The molecule has 3 aromatic carbocycles. The van der Waals surface area contributed by atoms with E-state index >= 15 is 0 Å². The molecular formula is C24H18BrN3O5. The summed E-state index contributed by atoms with van der Waals surface area (Å²) in [5.41, 5.74) is 1.57. The first-order valence-corrected chi connectivity index (χ1v) is 10.5. The van der Waals surface area contributed by atoms with Crippen LogP contribution in [0.4, 0.5) is 11.4 Å². The van der Waals surface area contributed by atoms with E-state index in [1.54, 1.807) is 48.5 Å². The van der Waals surface area contributed by atoms with Crippen molar-refractivity contribution in [3.8, 4) is 0 Å². The molecule has 3 aromatic rings. The molecule has 3 rings (SSSR count). The Morgan fingerprint density at radius 1 is 0.939 bits per heavy atom. The summed E-state index contributed by atoms with van der Waals surface area (Å²) in [7, 11) is 0. The number of anilines is 1. The number of carbonyl (C=O) groups is 3. The van der Waals surface area contributed by atoms with E-state index < -0.39 is 16.7 Å². The monoisotopic (exact) mass is 507 g/mol. The molecule has 0 aliphatic heterocycles. The topological polar surface area (TPSA) is 118 Å². The first kappa shape index (κ1) is 23.6. The van der Waals surface area contributed by atoms with Gasteiger partial charge in [-0.05, 0) is 73.2 Å². The number of Topliss-reactive ketones (excluding diaryl/α,β-unsaturated/α-hetero) is 1. The zero-order chi connectivity index (χ0) is 24.0. The van der Waals surface area contributed by atoms with Crippen molar-refractivity contribution in [1.82, 2.24) is 5.32 Å². The lowest BCUT2D eigenvalue weighted by Gasteiger charge is -2.12. The highest BCUT2D eigenvalue weighted by Crippen LogP contribution is 2.17. The number of carbonyl (C=O) groups excluding carboxylic acids is 3. The van der Waals surface area contributed by atoms with Crippen LogP contribution in [0.15, 0.2) is 83.0 Å². The number of nitrogens with zero attached hydrogens (tertiary/aromatic N) is 1. The number of benzene rings is 3. The average molecular weight is 508 g/mol. The number of non-ortho nitro benzene ring substituents is 1. The molecule has 0 unspecified atom stereocenters. The highest BCUT2D eigenvalue weighted by Gasteiger charge is 2.16. The Balaban J connectivity index is 1.89. The molecule has 0 atom stereocenters. The minimum absolute atomic E-state index is 0.0653. The number of nitro groups is 1. The molecule has 0 spiro atoms. The average Bonchev–Trinajstić information content (AvgIpc) is 2.79. The number of nitrogens with one attached hydrogen (secondary N) is 2. The summed E-state index contributed by atoms with van der Waals surface area (Å²) in [5.74, 6) is -1.22. The summed E-state index contributed by atoms with van der Waals surface area (Å²) >= 11 is 3.31. The van der Waals surface area contributed by atoms with Gasteiger partial charge in [-0.2, -0.15) is 0 Å². The van der Waals surface area contributed by atoms with E-state index in [4.69, 9.17) is 0 Å². The SMILES string of the molecule is CC(=O)c1ccc(NC(=O)/C(=C/c2ccc([N+](=O)[O-])cc2)NC(=O)c2cccc(Br)c2)cc1. The molecule has 8 nitrogen and oxygen atoms in total. The van der Waals surface area contributed by atoms with Crippen LogP contribution in [0.3, 0.4) is 0 Å². The molecule has 0 aliphatic carbocycles. The lowest BCUT2D eigenvalue weighted by molar-refractivity contribution is -0.384. The first-order valence-electron chi connectivity index (χ1n) is 9.68. The van der Waals surface area contributed by atoms with Crippen LogP contribution in [0.2, 0.25) is 0 Å². The molecule has 2 amide bonds. The standard InChI is InChI=1S/C24H18BrN3O5/c1-15(29)17-7-9-20(10-8-17)26-24(31)22(13-16-5-11-21(12-6-16)28(32)33)27-23(30)18-3-2-4-19(25)14-18/h2-14H,1H3,(H,26,31)(H,27,30)/b22-13-. The number of nitro benzene ring substituents is 1. The molecule has 0 aliphatic rings. The van der Waals surface area contributed by atoms with Crippen molar-refractivity contribution in [3.05, 3.63) is 110 Å². The summed E-state index contributed by atoms with van der Waals surface area (Å²) in [5, 5.41) is 16.2. The minimum atomic E-state index is -0.604.